The summed E-state index contributed by atoms with van der Waals surface area (Å²) in [5.74, 6) is 0. The summed E-state index contributed by atoms with van der Waals surface area (Å²) >= 11 is 0. The molecule has 3 nitrogen and oxygen atoms in total. The van der Waals surface area contributed by atoms with Crippen LogP contribution in [-0.4, -0.2) is 16.1 Å². The van der Waals surface area contributed by atoms with Gasteiger partial charge >= 0.3 is 0 Å². The Morgan fingerprint density at radius 2 is 2.05 bits per heavy atom. The lowest BCUT2D eigenvalue weighted by Gasteiger charge is -2.15. The molecule has 1 aliphatic rings. The highest BCUT2D eigenvalue weighted by atomic mass is 15.0. The molecular weight excluding hydrogens is 270 g/mol. The molecule has 0 bridgehead atoms. The van der Waals surface area contributed by atoms with Crippen LogP contribution < -0.4 is 5.32 Å². The third kappa shape index (κ3) is 2.24. The Morgan fingerprint density at radius 1 is 1.18 bits per heavy atom. The fourth-order valence-electron chi connectivity index (χ4n) is 3.24. The van der Waals surface area contributed by atoms with Gasteiger partial charge in [-0.3, -0.25) is 4.98 Å². The highest BCUT2D eigenvalue weighted by molar-refractivity contribution is 5.89. The summed E-state index contributed by atoms with van der Waals surface area (Å²) in [7, 11) is 0. The molecule has 0 radical (unpaired) electrons. The van der Waals surface area contributed by atoms with Crippen LogP contribution in [0.1, 0.15) is 22.4 Å². The van der Waals surface area contributed by atoms with Crippen LogP contribution in [-0.2, 0) is 13.0 Å². The van der Waals surface area contributed by atoms with Gasteiger partial charge in [-0.05, 0) is 48.4 Å². The lowest BCUT2D eigenvalue weighted by atomic mass is 10.0. The predicted octanol–water partition coefficient (Wildman–Crippen LogP) is 3.62. The number of pyridine rings is 1. The summed E-state index contributed by atoms with van der Waals surface area (Å²) in [6.07, 6.45) is 9.08. The molecule has 3 heteroatoms. The fourth-order valence-corrected chi connectivity index (χ4v) is 3.24. The van der Waals surface area contributed by atoms with Crippen molar-refractivity contribution in [1.29, 1.82) is 0 Å². The Balaban J connectivity index is 1.88. The molecule has 0 saturated heterocycles. The van der Waals surface area contributed by atoms with Crippen molar-refractivity contribution < 1.29 is 0 Å². The number of fused-ring (bicyclic) bond motifs is 3. The Kier molecular flexibility index (Phi) is 3.28. The van der Waals surface area contributed by atoms with Gasteiger partial charge < -0.3 is 9.88 Å². The molecule has 3 aromatic rings. The summed E-state index contributed by atoms with van der Waals surface area (Å²) in [4.78, 5) is 4.07. The van der Waals surface area contributed by atoms with Crippen molar-refractivity contribution in [3.05, 3.63) is 65.1 Å². The zero-order valence-electron chi connectivity index (χ0n) is 12.7. The largest absolute Gasteiger partial charge is 0.320 e. The zero-order chi connectivity index (χ0) is 14.9. The minimum absolute atomic E-state index is 0.964. The number of aryl methyl sites for hydroxylation is 1. The SMILES string of the molecule is Cc1ccc2c(c1)c1c(n2C=Cc2ccncc2)CCNC1. The smallest absolute Gasteiger partial charge is 0.0528 e. The van der Waals surface area contributed by atoms with Crippen LogP contribution in [0.15, 0.2) is 42.7 Å². The van der Waals surface area contributed by atoms with E-state index in [-0.39, 0.29) is 0 Å². The third-order valence-corrected chi connectivity index (χ3v) is 4.34. The minimum atomic E-state index is 0.964. The molecule has 110 valence electrons. The van der Waals surface area contributed by atoms with E-state index in [0.717, 1.165) is 19.5 Å². The molecule has 1 N–H and O–H groups in total. The monoisotopic (exact) mass is 289 g/mol. The van der Waals surface area contributed by atoms with Gasteiger partial charge in [-0.1, -0.05) is 11.6 Å². The summed E-state index contributed by atoms with van der Waals surface area (Å²) in [6.45, 7) is 4.17. The van der Waals surface area contributed by atoms with Crippen molar-refractivity contribution >= 4 is 23.2 Å². The van der Waals surface area contributed by atoms with Gasteiger partial charge in [0.2, 0.25) is 0 Å². The first-order valence-electron chi connectivity index (χ1n) is 7.74. The summed E-state index contributed by atoms with van der Waals surface area (Å²) < 4.78 is 2.35. The standard InChI is InChI=1S/C19H19N3/c1-14-2-3-18-16(12-14)17-13-21-10-6-19(17)22(18)11-7-15-4-8-20-9-5-15/h2-5,7-9,11-12,21H,6,10,13H2,1H3. The van der Waals surface area contributed by atoms with E-state index < -0.39 is 0 Å². The van der Waals surface area contributed by atoms with E-state index in [4.69, 9.17) is 0 Å². The van der Waals surface area contributed by atoms with Gasteiger partial charge in [0.05, 0.1) is 5.52 Å². The lowest BCUT2D eigenvalue weighted by molar-refractivity contribution is 0.634. The van der Waals surface area contributed by atoms with Crippen LogP contribution >= 0.6 is 0 Å². The quantitative estimate of drug-likeness (QED) is 0.781. The topological polar surface area (TPSA) is 29.9 Å². The molecule has 0 saturated carbocycles. The van der Waals surface area contributed by atoms with Crippen molar-refractivity contribution in [2.45, 2.75) is 19.9 Å². The third-order valence-electron chi connectivity index (χ3n) is 4.34. The van der Waals surface area contributed by atoms with Crippen LogP contribution in [0.3, 0.4) is 0 Å². The second-order valence-electron chi connectivity index (χ2n) is 5.84. The number of hydrogen-bond donors (Lipinski definition) is 1. The van der Waals surface area contributed by atoms with Gasteiger partial charge in [-0.25, -0.2) is 0 Å². The molecule has 2 aromatic heterocycles. The van der Waals surface area contributed by atoms with Gasteiger partial charge in [-0.15, -0.1) is 0 Å². The molecule has 0 aliphatic carbocycles. The molecule has 4 rings (SSSR count). The van der Waals surface area contributed by atoms with Crippen molar-refractivity contribution in [1.82, 2.24) is 14.9 Å². The first-order valence-corrected chi connectivity index (χ1v) is 7.74. The normalized spacial score (nSPS) is 14.6. The van der Waals surface area contributed by atoms with Crippen LogP contribution in [0.2, 0.25) is 0 Å². The average Bonchev–Trinajstić information content (AvgIpc) is 2.87. The number of rotatable bonds is 2. The van der Waals surface area contributed by atoms with E-state index in [0.29, 0.717) is 0 Å². The molecule has 22 heavy (non-hydrogen) atoms. The molecule has 1 aromatic carbocycles. The van der Waals surface area contributed by atoms with Gasteiger partial charge in [-0.2, -0.15) is 0 Å². The molecule has 3 heterocycles. The molecule has 0 amide bonds. The van der Waals surface area contributed by atoms with Gasteiger partial charge in [0.1, 0.15) is 0 Å². The number of hydrogen-bond acceptors (Lipinski definition) is 2. The number of benzene rings is 1. The Hall–Kier alpha value is -2.39. The number of nitrogens with one attached hydrogen (secondary N) is 1. The highest BCUT2D eigenvalue weighted by Crippen LogP contribution is 2.30. The second-order valence-corrected chi connectivity index (χ2v) is 5.84. The van der Waals surface area contributed by atoms with Crippen molar-refractivity contribution in [3.8, 4) is 0 Å². The van der Waals surface area contributed by atoms with Crippen molar-refractivity contribution in [2.24, 2.45) is 0 Å². The van der Waals surface area contributed by atoms with Crippen LogP contribution in [0, 0.1) is 6.92 Å². The average molecular weight is 289 g/mol. The lowest BCUT2D eigenvalue weighted by Crippen LogP contribution is -2.24. The number of nitrogens with zero attached hydrogens (tertiary/aromatic N) is 2. The molecule has 1 aliphatic heterocycles. The highest BCUT2D eigenvalue weighted by Gasteiger charge is 2.18. The van der Waals surface area contributed by atoms with Crippen molar-refractivity contribution in [2.75, 3.05) is 6.54 Å². The predicted molar refractivity (Wildman–Crippen MR) is 91.5 cm³/mol. The maximum atomic E-state index is 4.07. The Bertz CT molecular complexity index is 844. The molecule has 0 unspecified atom stereocenters. The van der Waals surface area contributed by atoms with Crippen molar-refractivity contribution in [3.63, 3.8) is 0 Å². The van der Waals surface area contributed by atoms with E-state index in [2.05, 4.69) is 52.3 Å². The first-order chi connectivity index (χ1) is 10.8. The fraction of sp³-hybridized carbons (Fsp3) is 0.211. The second kappa shape index (κ2) is 5.43. The molecular formula is C19H19N3. The van der Waals surface area contributed by atoms with Crippen LogP contribution in [0.4, 0.5) is 0 Å². The van der Waals surface area contributed by atoms with Crippen LogP contribution in [0.25, 0.3) is 23.2 Å². The maximum Gasteiger partial charge on any atom is 0.0528 e. The van der Waals surface area contributed by atoms with E-state index >= 15 is 0 Å². The van der Waals surface area contributed by atoms with Gasteiger partial charge in [0.25, 0.3) is 0 Å². The van der Waals surface area contributed by atoms with E-state index in [1.165, 1.54) is 33.3 Å². The van der Waals surface area contributed by atoms with E-state index in [1.54, 1.807) is 0 Å². The Morgan fingerprint density at radius 3 is 2.91 bits per heavy atom. The minimum Gasteiger partial charge on any atom is -0.320 e. The first kappa shape index (κ1) is 13.3. The summed E-state index contributed by atoms with van der Waals surface area (Å²) in [6, 6.07) is 10.8. The molecule has 0 spiro atoms. The molecule has 0 atom stereocenters. The summed E-state index contributed by atoms with van der Waals surface area (Å²) in [5, 5.41) is 4.87. The molecule has 0 fully saturated rings. The Labute approximate surface area is 130 Å². The van der Waals surface area contributed by atoms with Gasteiger partial charge in [0.15, 0.2) is 0 Å². The zero-order valence-corrected chi connectivity index (χ0v) is 12.7. The van der Waals surface area contributed by atoms with E-state index in [1.807, 2.05) is 24.5 Å². The maximum absolute atomic E-state index is 4.07. The summed E-state index contributed by atoms with van der Waals surface area (Å²) in [5.41, 5.74) is 6.67. The van der Waals surface area contributed by atoms with Gasteiger partial charge in [0, 0.05) is 49.2 Å². The van der Waals surface area contributed by atoms with Crippen LogP contribution in [0.5, 0.6) is 0 Å². The van der Waals surface area contributed by atoms with E-state index in [9.17, 15) is 0 Å². The number of aromatic nitrogens is 2.